The van der Waals surface area contributed by atoms with Gasteiger partial charge in [-0.3, -0.25) is 0 Å². The first-order chi connectivity index (χ1) is 16.4. The average Bonchev–Trinajstić information content (AvgIpc) is 2.86. The second-order valence-corrected chi connectivity index (χ2v) is 9.51. The van der Waals surface area contributed by atoms with Crippen LogP contribution in [-0.4, -0.2) is 70.8 Å². The van der Waals surface area contributed by atoms with E-state index in [0.717, 1.165) is 48.1 Å². The summed E-state index contributed by atoms with van der Waals surface area (Å²) in [6.07, 6.45) is -0.460. The zero-order valence-electron chi connectivity index (χ0n) is 19.8. The van der Waals surface area contributed by atoms with Crippen molar-refractivity contribution in [2.24, 2.45) is 0 Å². The summed E-state index contributed by atoms with van der Waals surface area (Å²) >= 11 is 0. The molecule has 2 aromatic carbocycles. The first kappa shape index (κ1) is 25.1. The lowest BCUT2D eigenvalue weighted by molar-refractivity contribution is -0.231. The van der Waals surface area contributed by atoms with Crippen molar-refractivity contribution >= 4 is 0 Å². The SMILES string of the molecule is COC1CCC(Oc2ccc(Cc3cc([C@@H]4O[C@H](CO)[C@@H](O)C(O)[C@H]4O)ccc3C)cc2)CC1. The van der Waals surface area contributed by atoms with Gasteiger partial charge in [-0.25, -0.2) is 0 Å². The molecular weight excluding hydrogens is 436 g/mol. The second kappa shape index (κ2) is 11.2. The third-order valence-corrected chi connectivity index (χ3v) is 7.17. The molecule has 1 saturated carbocycles. The lowest BCUT2D eigenvalue weighted by atomic mass is 9.89. The topological polar surface area (TPSA) is 109 Å². The number of methoxy groups -OCH3 is 1. The minimum atomic E-state index is -1.39. The van der Waals surface area contributed by atoms with Gasteiger partial charge in [0.15, 0.2) is 0 Å². The molecule has 1 saturated heterocycles. The fraction of sp³-hybridized carbons (Fsp3) is 0.556. The van der Waals surface area contributed by atoms with E-state index < -0.39 is 37.1 Å². The maximum Gasteiger partial charge on any atom is 0.119 e. The number of aliphatic hydroxyl groups excluding tert-OH is 4. The third kappa shape index (κ3) is 5.62. The summed E-state index contributed by atoms with van der Waals surface area (Å²) in [5.74, 6) is 0.872. The molecular formula is C27H36O7. The van der Waals surface area contributed by atoms with Crippen LogP contribution >= 0.6 is 0 Å². The maximum atomic E-state index is 10.5. The number of ether oxygens (including phenoxy) is 3. The summed E-state index contributed by atoms with van der Waals surface area (Å²) in [4.78, 5) is 0. The zero-order chi connectivity index (χ0) is 24.2. The molecule has 1 aliphatic heterocycles. The molecule has 7 heteroatoms. The highest BCUT2D eigenvalue weighted by Crippen LogP contribution is 2.34. The van der Waals surface area contributed by atoms with Gasteiger partial charge < -0.3 is 34.6 Å². The minimum Gasteiger partial charge on any atom is -0.490 e. The summed E-state index contributed by atoms with van der Waals surface area (Å²) in [6, 6.07) is 13.9. The average molecular weight is 473 g/mol. The van der Waals surface area contributed by atoms with Crippen molar-refractivity contribution in [1.82, 2.24) is 0 Å². The molecule has 186 valence electrons. The minimum absolute atomic E-state index is 0.231. The smallest absolute Gasteiger partial charge is 0.119 e. The van der Waals surface area contributed by atoms with Crippen molar-refractivity contribution in [2.45, 2.75) is 81.8 Å². The molecule has 1 aliphatic carbocycles. The molecule has 2 aromatic rings. The number of rotatable bonds is 7. The quantitative estimate of drug-likeness (QED) is 0.490. The Kier molecular flexibility index (Phi) is 8.24. The molecule has 0 aromatic heterocycles. The third-order valence-electron chi connectivity index (χ3n) is 7.17. The molecule has 0 bridgehead atoms. The van der Waals surface area contributed by atoms with E-state index in [1.807, 2.05) is 37.3 Å². The molecule has 4 rings (SSSR count). The first-order valence-corrected chi connectivity index (χ1v) is 12.1. The summed E-state index contributed by atoms with van der Waals surface area (Å²) in [5.41, 5.74) is 4.00. The van der Waals surface area contributed by atoms with Crippen LogP contribution in [0, 0.1) is 6.92 Å². The fourth-order valence-corrected chi connectivity index (χ4v) is 4.92. The molecule has 1 heterocycles. The lowest BCUT2D eigenvalue weighted by Gasteiger charge is -2.40. The monoisotopic (exact) mass is 472 g/mol. The van der Waals surface area contributed by atoms with Crippen LogP contribution in [0.15, 0.2) is 42.5 Å². The van der Waals surface area contributed by atoms with E-state index in [1.54, 1.807) is 7.11 Å². The summed E-state index contributed by atoms with van der Waals surface area (Å²) in [7, 11) is 1.77. The van der Waals surface area contributed by atoms with E-state index in [9.17, 15) is 20.4 Å². The van der Waals surface area contributed by atoms with E-state index in [1.165, 1.54) is 0 Å². The molecule has 1 unspecified atom stereocenters. The Labute approximate surface area is 200 Å². The van der Waals surface area contributed by atoms with Gasteiger partial charge in [-0.1, -0.05) is 30.3 Å². The Morgan fingerprint density at radius 2 is 1.56 bits per heavy atom. The standard InChI is InChI=1S/C27H36O7/c1-16-3-6-18(27-26(31)25(30)24(29)23(15-28)34-27)14-19(16)13-17-4-7-21(8-5-17)33-22-11-9-20(32-2)10-12-22/h3-8,14,20,22-31H,9-13,15H2,1-2H3/t20?,22?,23-,24-,25?,26-,27+/m1/s1. The van der Waals surface area contributed by atoms with Gasteiger partial charge in [0, 0.05) is 7.11 Å². The van der Waals surface area contributed by atoms with Gasteiger partial charge in [0.1, 0.15) is 36.3 Å². The van der Waals surface area contributed by atoms with Gasteiger partial charge in [0.05, 0.1) is 18.8 Å². The second-order valence-electron chi connectivity index (χ2n) is 9.51. The van der Waals surface area contributed by atoms with Crippen LogP contribution in [-0.2, 0) is 15.9 Å². The van der Waals surface area contributed by atoms with Gasteiger partial charge in [-0.15, -0.1) is 0 Å². The van der Waals surface area contributed by atoms with Gasteiger partial charge in [-0.05, 0) is 73.4 Å². The predicted octanol–water partition coefficient (Wildman–Crippen LogP) is 2.44. The molecule has 2 fully saturated rings. The normalized spacial score (nSPS) is 31.9. The molecule has 0 amide bonds. The Bertz CT molecular complexity index is 921. The number of aliphatic hydroxyl groups is 4. The first-order valence-electron chi connectivity index (χ1n) is 12.1. The van der Waals surface area contributed by atoms with Crippen molar-refractivity contribution < 1.29 is 34.6 Å². The number of aryl methyl sites for hydroxylation is 1. The molecule has 7 nitrogen and oxygen atoms in total. The van der Waals surface area contributed by atoms with Crippen LogP contribution in [0.2, 0.25) is 0 Å². The van der Waals surface area contributed by atoms with Crippen LogP contribution in [0.1, 0.15) is 54.0 Å². The molecule has 34 heavy (non-hydrogen) atoms. The number of benzene rings is 2. The van der Waals surface area contributed by atoms with Crippen LogP contribution in [0.5, 0.6) is 5.75 Å². The van der Waals surface area contributed by atoms with E-state index in [2.05, 4.69) is 12.1 Å². The fourth-order valence-electron chi connectivity index (χ4n) is 4.92. The van der Waals surface area contributed by atoms with Crippen LogP contribution in [0.3, 0.4) is 0 Å². The largest absolute Gasteiger partial charge is 0.490 e. The van der Waals surface area contributed by atoms with Gasteiger partial charge in [0.2, 0.25) is 0 Å². The van der Waals surface area contributed by atoms with Crippen LogP contribution < -0.4 is 4.74 Å². The van der Waals surface area contributed by atoms with Crippen molar-refractivity contribution in [3.05, 3.63) is 64.7 Å². The molecule has 0 radical (unpaired) electrons. The number of hydrogen-bond donors (Lipinski definition) is 4. The molecule has 4 N–H and O–H groups in total. The van der Waals surface area contributed by atoms with Crippen LogP contribution in [0.25, 0.3) is 0 Å². The molecule has 2 aliphatic rings. The van der Waals surface area contributed by atoms with Crippen molar-refractivity contribution in [2.75, 3.05) is 13.7 Å². The predicted molar refractivity (Wildman–Crippen MR) is 127 cm³/mol. The van der Waals surface area contributed by atoms with Gasteiger partial charge >= 0.3 is 0 Å². The Morgan fingerprint density at radius 1 is 0.882 bits per heavy atom. The van der Waals surface area contributed by atoms with E-state index in [-0.39, 0.29) is 6.10 Å². The Morgan fingerprint density at radius 3 is 2.21 bits per heavy atom. The summed E-state index contributed by atoms with van der Waals surface area (Å²) < 4.78 is 17.3. The number of hydrogen-bond acceptors (Lipinski definition) is 7. The van der Waals surface area contributed by atoms with Crippen LogP contribution in [0.4, 0.5) is 0 Å². The van der Waals surface area contributed by atoms with Gasteiger partial charge in [0.25, 0.3) is 0 Å². The van der Waals surface area contributed by atoms with Crippen molar-refractivity contribution in [3.8, 4) is 5.75 Å². The maximum absolute atomic E-state index is 10.5. The van der Waals surface area contributed by atoms with Crippen molar-refractivity contribution in [1.29, 1.82) is 0 Å². The van der Waals surface area contributed by atoms with E-state index in [0.29, 0.717) is 18.1 Å². The van der Waals surface area contributed by atoms with E-state index in [4.69, 9.17) is 14.2 Å². The highest BCUT2D eigenvalue weighted by molar-refractivity contribution is 5.38. The Balaban J connectivity index is 1.42. The summed E-state index contributed by atoms with van der Waals surface area (Å²) in [5, 5.41) is 40.2. The molecule has 5 atom stereocenters. The highest BCUT2D eigenvalue weighted by atomic mass is 16.5. The lowest BCUT2D eigenvalue weighted by Crippen LogP contribution is -2.55. The van der Waals surface area contributed by atoms with Gasteiger partial charge in [-0.2, -0.15) is 0 Å². The molecule has 0 spiro atoms. The summed E-state index contributed by atoms with van der Waals surface area (Å²) in [6.45, 7) is 1.59. The van der Waals surface area contributed by atoms with E-state index >= 15 is 0 Å². The highest BCUT2D eigenvalue weighted by Gasteiger charge is 2.44. The zero-order valence-corrected chi connectivity index (χ0v) is 19.8. The van der Waals surface area contributed by atoms with Crippen molar-refractivity contribution in [3.63, 3.8) is 0 Å². The Hall–Kier alpha value is -2.00.